The summed E-state index contributed by atoms with van der Waals surface area (Å²) in [6.45, 7) is 7.17. The maximum absolute atomic E-state index is 12.3. The molecule has 0 heterocycles. The van der Waals surface area contributed by atoms with Gasteiger partial charge in [-0.25, -0.2) is 4.99 Å². The zero-order chi connectivity index (χ0) is 21.0. The molecule has 0 aliphatic carbocycles. The number of aliphatic imine (C=N–C) groups is 1. The molecule has 0 saturated carbocycles. The van der Waals surface area contributed by atoms with E-state index in [-0.39, 0.29) is 42.2 Å². The number of guanidine groups is 1. The van der Waals surface area contributed by atoms with E-state index in [1.54, 1.807) is 17.0 Å². The van der Waals surface area contributed by atoms with Crippen LogP contribution in [0, 0.1) is 0 Å². The number of carbonyl (C=O) groups excluding carboxylic acids is 1. The summed E-state index contributed by atoms with van der Waals surface area (Å²) < 4.78 is 41.5. The number of hydrogen-bond acceptors (Lipinski definition) is 3. The standard InChI is InChI=1S/C19H29F3N4O2.HI/c1-4-23-18(24-11-10-17(27)26(5-2)6-3)25-13-15-8-7-9-16(12-15)28-14-19(20,21)22;/h7-9,12H,4-6,10-11,13-14H2,1-3H3,(H2,23,24,25);1H. The Labute approximate surface area is 187 Å². The first-order chi connectivity index (χ1) is 13.3. The third kappa shape index (κ3) is 11.8. The molecule has 1 aromatic rings. The second-order valence-electron chi connectivity index (χ2n) is 5.99. The molecule has 166 valence electrons. The highest BCUT2D eigenvalue weighted by Gasteiger charge is 2.28. The Morgan fingerprint density at radius 3 is 2.45 bits per heavy atom. The normalized spacial score (nSPS) is 11.4. The van der Waals surface area contributed by atoms with Gasteiger partial charge in [0.1, 0.15) is 5.75 Å². The van der Waals surface area contributed by atoms with Crippen LogP contribution in [0.2, 0.25) is 0 Å². The molecule has 10 heteroatoms. The molecule has 0 aliphatic rings. The van der Waals surface area contributed by atoms with Crippen LogP contribution < -0.4 is 15.4 Å². The van der Waals surface area contributed by atoms with Gasteiger partial charge in [-0.1, -0.05) is 12.1 Å². The Morgan fingerprint density at radius 1 is 1.17 bits per heavy atom. The van der Waals surface area contributed by atoms with Gasteiger partial charge in [0.2, 0.25) is 5.91 Å². The van der Waals surface area contributed by atoms with Crippen LogP contribution in [0.5, 0.6) is 5.75 Å². The quantitative estimate of drug-likeness (QED) is 0.276. The molecule has 0 bridgehead atoms. The Bertz CT molecular complexity index is 638. The molecule has 0 unspecified atom stereocenters. The van der Waals surface area contributed by atoms with Crippen LogP contribution in [0.25, 0.3) is 0 Å². The van der Waals surface area contributed by atoms with Gasteiger partial charge in [-0.05, 0) is 38.5 Å². The van der Waals surface area contributed by atoms with Crippen molar-refractivity contribution < 1.29 is 22.7 Å². The highest BCUT2D eigenvalue weighted by molar-refractivity contribution is 14.0. The van der Waals surface area contributed by atoms with Crippen molar-refractivity contribution in [1.82, 2.24) is 15.5 Å². The second-order valence-corrected chi connectivity index (χ2v) is 5.99. The lowest BCUT2D eigenvalue weighted by Gasteiger charge is -2.19. The maximum Gasteiger partial charge on any atom is 0.422 e. The number of hydrogen-bond donors (Lipinski definition) is 2. The van der Waals surface area contributed by atoms with E-state index in [9.17, 15) is 18.0 Å². The molecule has 6 nitrogen and oxygen atoms in total. The monoisotopic (exact) mass is 530 g/mol. The van der Waals surface area contributed by atoms with Gasteiger partial charge < -0.3 is 20.3 Å². The molecule has 0 fully saturated rings. The smallest absolute Gasteiger partial charge is 0.422 e. The van der Waals surface area contributed by atoms with Crippen molar-refractivity contribution in [2.24, 2.45) is 4.99 Å². The summed E-state index contributed by atoms with van der Waals surface area (Å²) in [5.74, 6) is 0.757. The van der Waals surface area contributed by atoms with E-state index in [1.807, 2.05) is 20.8 Å². The molecule has 2 N–H and O–H groups in total. The molecule has 0 aliphatic heterocycles. The molecular formula is C19H30F3IN4O2. The fourth-order valence-electron chi connectivity index (χ4n) is 2.43. The van der Waals surface area contributed by atoms with Gasteiger partial charge in [-0.2, -0.15) is 13.2 Å². The van der Waals surface area contributed by atoms with Crippen molar-refractivity contribution in [3.63, 3.8) is 0 Å². The summed E-state index contributed by atoms with van der Waals surface area (Å²) >= 11 is 0. The Balaban J connectivity index is 0.00000784. The van der Waals surface area contributed by atoms with Crippen molar-refractivity contribution in [1.29, 1.82) is 0 Å². The summed E-state index contributed by atoms with van der Waals surface area (Å²) in [4.78, 5) is 18.2. The van der Waals surface area contributed by atoms with Crippen LogP contribution in [0.4, 0.5) is 13.2 Å². The van der Waals surface area contributed by atoms with Crippen LogP contribution in [-0.4, -0.2) is 55.7 Å². The van der Waals surface area contributed by atoms with Gasteiger partial charge in [0.15, 0.2) is 12.6 Å². The number of nitrogens with zero attached hydrogens (tertiary/aromatic N) is 2. The van der Waals surface area contributed by atoms with E-state index < -0.39 is 12.8 Å². The maximum atomic E-state index is 12.3. The molecule has 0 spiro atoms. The zero-order valence-electron chi connectivity index (χ0n) is 17.0. The van der Waals surface area contributed by atoms with Crippen molar-refractivity contribution in [3.8, 4) is 5.75 Å². The number of alkyl halides is 3. The van der Waals surface area contributed by atoms with E-state index in [1.165, 1.54) is 12.1 Å². The van der Waals surface area contributed by atoms with Gasteiger partial charge in [0, 0.05) is 32.6 Å². The molecular weight excluding hydrogens is 500 g/mol. The van der Waals surface area contributed by atoms with Gasteiger partial charge in [0.25, 0.3) is 0 Å². The number of nitrogens with one attached hydrogen (secondary N) is 2. The number of ether oxygens (including phenoxy) is 1. The minimum Gasteiger partial charge on any atom is -0.484 e. The van der Waals surface area contributed by atoms with Gasteiger partial charge >= 0.3 is 6.18 Å². The minimum absolute atomic E-state index is 0. The predicted octanol–water partition coefficient (Wildman–Crippen LogP) is 3.56. The fraction of sp³-hybridized carbons (Fsp3) is 0.579. The molecule has 1 rings (SSSR count). The average molecular weight is 530 g/mol. The summed E-state index contributed by atoms with van der Waals surface area (Å²) in [6, 6.07) is 6.39. The van der Waals surface area contributed by atoms with Crippen LogP contribution in [0.3, 0.4) is 0 Å². The van der Waals surface area contributed by atoms with E-state index in [0.29, 0.717) is 38.6 Å². The number of rotatable bonds is 10. The van der Waals surface area contributed by atoms with E-state index in [2.05, 4.69) is 15.6 Å². The first-order valence-electron chi connectivity index (χ1n) is 9.37. The number of amides is 1. The molecule has 29 heavy (non-hydrogen) atoms. The van der Waals surface area contributed by atoms with Crippen molar-refractivity contribution >= 4 is 35.8 Å². The SMILES string of the molecule is CCNC(=NCc1cccc(OCC(F)(F)F)c1)NCCC(=O)N(CC)CC.I. The van der Waals surface area contributed by atoms with Crippen LogP contribution in [0.1, 0.15) is 32.8 Å². The largest absolute Gasteiger partial charge is 0.484 e. The predicted molar refractivity (Wildman–Crippen MR) is 119 cm³/mol. The number of benzene rings is 1. The lowest BCUT2D eigenvalue weighted by Crippen LogP contribution is -2.40. The molecule has 0 aromatic heterocycles. The molecule has 0 saturated heterocycles. The lowest BCUT2D eigenvalue weighted by atomic mass is 10.2. The van der Waals surface area contributed by atoms with Crippen LogP contribution in [-0.2, 0) is 11.3 Å². The van der Waals surface area contributed by atoms with Crippen molar-refractivity contribution in [3.05, 3.63) is 29.8 Å². The highest BCUT2D eigenvalue weighted by Crippen LogP contribution is 2.19. The number of halogens is 4. The minimum atomic E-state index is -4.38. The molecule has 1 aromatic carbocycles. The highest BCUT2D eigenvalue weighted by atomic mass is 127. The van der Waals surface area contributed by atoms with Crippen molar-refractivity contribution in [2.75, 3.05) is 32.8 Å². The summed E-state index contributed by atoms with van der Waals surface area (Å²) in [6.07, 6.45) is -4.02. The summed E-state index contributed by atoms with van der Waals surface area (Å²) in [5.41, 5.74) is 0.719. The van der Waals surface area contributed by atoms with Gasteiger partial charge in [-0.15, -0.1) is 24.0 Å². The Kier molecular flexibility index (Phi) is 13.4. The second kappa shape index (κ2) is 14.3. The third-order valence-corrected chi connectivity index (χ3v) is 3.81. The van der Waals surface area contributed by atoms with Crippen LogP contribution >= 0.6 is 24.0 Å². The topological polar surface area (TPSA) is 66.0 Å². The first-order valence-corrected chi connectivity index (χ1v) is 9.37. The molecule has 0 atom stereocenters. The Morgan fingerprint density at radius 2 is 1.86 bits per heavy atom. The average Bonchev–Trinajstić information content (AvgIpc) is 2.65. The third-order valence-electron chi connectivity index (χ3n) is 3.81. The van der Waals surface area contributed by atoms with E-state index >= 15 is 0 Å². The summed E-state index contributed by atoms with van der Waals surface area (Å²) in [5, 5.41) is 6.17. The fourth-order valence-corrected chi connectivity index (χ4v) is 2.43. The Hall–Kier alpha value is -1.72. The lowest BCUT2D eigenvalue weighted by molar-refractivity contribution is -0.153. The summed E-state index contributed by atoms with van der Waals surface area (Å²) in [7, 11) is 0. The molecule has 1 amide bonds. The van der Waals surface area contributed by atoms with E-state index in [0.717, 1.165) is 5.56 Å². The van der Waals surface area contributed by atoms with Gasteiger partial charge in [0.05, 0.1) is 6.54 Å². The van der Waals surface area contributed by atoms with Crippen LogP contribution in [0.15, 0.2) is 29.3 Å². The molecule has 0 radical (unpaired) electrons. The first kappa shape index (κ1) is 27.3. The van der Waals surface area contributed by atoms with Gasteiger partial charge in [-0.3, -0.25) is 4.79 Å². The van der Waals surface area contributed by atoms with E-state index in [4.69, 9.17) is 4.74 Å². The number of carbonyl (C=O) groups is 1. The van der Waals surface area contributed by atoms with Crippen molar-refractivity contribution in [2.45, 2.75) is 39.9 Å². The zero-order valence-corrected chi connectivity index (χ0v) is 19.3.